The van der Waals surface area contributed by atoms with Crippen molar-refractivity contribution in [3.8, 4) is 0 Å². The van der Waals surface area contributed by atoms with Gasteiger partial charge in [0.15, 0.2) is 0 Å². The zero-order chi connectivity index (χ0) is 28.9. The Kier molecular flexibility index (Phi) is 9.53. The highest BCUT2D eigenvalue weighted by atomic mass is 16.3. The van der Waals surface area contributed by atoms with Gasteiger partial charge < -0.3 is 15.3 Å². The number of rotatable bonds is 8. The second-order valence-electron chi connectivity index (χ2n) is 12.2. The molecular weight excluding hydrogens is 514 g/mol. The molecule has 8 heteroatoms. The normalized spacial score (nSPS) is 22.8. The summed E-state index contributed by atoms with van der Waals surface area (Å²) < 4.78 is 0. The second-order valence-corrected chi connectivity index (χ2v) is 12.2. The number of fused-ring (bicyclic) bond motifs is 1. The van der Waals surface area contributed by atoms with Crippen LogP contribution in [-0.2, 0) is 17.8 Å². The average Bonchev–Trinajstić information content (AvgIpc) is 3.31. The highest BCUT2D eigenvalue weighted by Crippen LogP contribution is 2.38. The van der Waals surface area contributed by atoms with Gasteiger partial charge in [-0.15, -0.1) is 0 Å². The van der Waals surface area contributed by atoms with Crippen molar-refractivity contribution in [2.75, 3.05) is 44.2 Å². The van der Waals surface area contributed by atoms with Crippen LogP contribution in [0.15, 0.2) is 47.5 Å². The zero-order valence-electron chi connectivity index (χ0n) is 24.8. The van der Waals surface area contributed by atoms with Gasteiger partial charge in [-0.3, -0.25) is 19.4 Å². The van der Waals surface area contributed by atoms with Crippen LogP contribution in [0.2, 0.25) is 0 Å². The van der Waals surface area contributed by atoms with E-state index in [1.807, 2.05) is 45.0 Å². The fraction of sp³-hybridized carbons (Fsp3) is 0.545. The number of nitrogens with zero attached hydrogens (tertiary/aromatic N) is 4. The Hall–Kier alpha value is -3.07. The lowest BCUT2D eigenvalue weighted by molar-refractivity contribution is -0.126. The molecule has 1 aliphatic carbocycles. The van der Waals surface area contributed by atoms with E-state index in [4.69, 9.17) is 4.99 Å². The molecule has 2 heterocycles. The van der Waals surface area contributed by atoms with Gasteiger partial charge in [0.25, 0.3) is 5.91 Å². The summed E-state index contributed by atoms with van der Waals surface area (Å²) in [5.41, 5.74) is 5.35. The topological polar surface area (TPSA) is 88.5 Å². The highest BCUT2D eigenvalue weighted by molar-refractivity contribution is 6.12. The van der Waals surface area contributed by atoms with E-state index in [0.717, 1.165) is 82.0 Å². The monoisotopic (exact) mass is 559 g/mol. The van der Waals surface area contributed by atoms with Crippen molar-refractivity contribution in [2.45, 2.75) is 71.5 Å². The third kappa shape index (κ3) is 7.23. The molecule has 220 valence electrons. The molecule has 0 spiro atoms. The van der Waals surface area contributed by atoms with E-state index in [9.17, 15) is 14.7 Å². The Bertz CT molecular complexity index is 1240. The number of anilines is 1. The van der Waals surface area contributed by atoms with Gasteiger partial charge in [0.1, 0.15) is 5.84 Å². The summed E-state index contributed by atoms with van der Waals surface area (Å²) in [6.07, 6.45) is 4.10. The Morgan fingerprint density at radius 1 is 0.976 bits per heavy atom. The lowest BCUT2D eigenvalue weighted by Gasteiger charge is -2.36. The molecule has 0 radical (unpaired) electrons. The summed E-state index contributed by atoms with van der Waals surface area (Å²) in [7, 11) is 0. The van der Waals surface area contributed by atoms with E-state index >= 15 is 0 Å². The van der Waals surface area contributed by atoms with E-state index < -0.39 is 0 Å². The standard InChI is InChI=1S/C33H45N5O3/c1-23(2)34-32(40)27-10-12-29(13-11-27)38-30-20-25(22-37-16-14-36(15-17-37)18-19-39)6-9-28(30)21-31(38)35-33(41)26-7-4-24(3)5-8-26/h4-9,20,23,27,29,39H,10-19,21-22H2,1-3H3,(H,34,40). The first kappa shape index (κ1) is 29.4. The zero-order valence-corrected chi connectivity index (χ0v) is 24.8. The number of hydrogen-bond acceptors (Lipinski definition) is 5. The molecule has 2 aromatic rings. The summed E-state index contributed by atoms with van der Waals surface area (Å²) in [5, 5.41) is 12.3. The number of hydrogen-bond donors (Lipinski definition) is 2. The number of carbonyl (C=O) groups excluding carboxylic acids is 2. The molecule has 0 bridgehead atoms. The third-order valence-corrected chi connectivity index (χ3v) is 8.72. The van der Waals surface area contributed by atoms with Crippen molar-refractivity contribution in [2.24, 2.45) is 10.9 Å². The molecule has 3 aliphatic rings. The first-order valence-corrected chi connectivity index (χ1v) is 15.3. The third-order valence-electron chi connectivity index (χ3n) is 8.72. The Morgan fingerprint density at radius 2 is 1.66 bits per heavy atom. The molecule has 2 N–H and O–H groups in total. The van der Waals surface area contributed by atoms with Crippen molar-refractivity contribution >= 4 is 23.3 Å². The van der Waals surface area contributed by atoms with Crippen LogP contribution in [0.3, 0.4) is 0 Å². The number of β-amino-alcohol motifs (C(OH)–C–C–N with tert-alkyl or cyclic N) is 1. The molecule has 1 saturated carbocycles. The van der Waals surface area contributed by atoms with Crippen molar-refractivity contribution in [3.63, 3.8) is 0 Å². The van der Waals surface area contributed by atoms with E-state index in [0.29, 0.717) is 12.0 Å². The van der Waals surface area contributed by atoms with Crippen LogP contribution in [0, 0.1) is 12.8 Å². The number of aliphatic hydroxyl groups is 1. The number of amidine groups is 1. The van der Waals surface area contributed by atoms with Crippen molar-refractivity contribution in [1.82, 2.24) is 15.1 Å². The number of aryl methyl sites for hydroxylation is 1. The van der Waals surface area contributed by atoms with Crippen LogP contribution >= 0.6 is 0 Å². The largest absolute Gasteiger partial charge is 0.395 e. The first-order valence-electron chi connectivity index (χ1n) is 15.3. The summed E-state index contributed by atoms with van der Waals surface area (Å²) in [4.78, 5) is 37.8. The van der Waals surface area contributed by atoms with Gasteiger partial charge in [-0.2, -0.15) is 4.99 Å². The molecule has 2 fully saturated rings. The Morgan fingerprint density at radius 3 is 2.32 bits per heavy atom. The molecule has 0 unspecified atom stereocenters. The van der Waals surface area contributed by atoms with E-state index in [-0.39, 0.29) is 36.4 Å². The maximum Gasteiger partial charge on any atom is 0.278 e. The van der Waals surface area contributed by atoms with Gasteiger partial charge in [0.05, 0.1) is 6.61 Å². The molecule has 41 heavy (non-hydrogen) atoms. The quantitative estimate of drug-likeness (QED) is 0.512. The predicted molar refractivity (Wildman–Crippen MR) is 163 cm³/mol. The van der Waals surface area contributed by atoms with Gasteiger partial charge in [-0.1, -0.05) is 29.8 Å². The number of nitrogens with one attached hydrogen (secondary N) is 1. The SMILES string of the molecule is Cc1ccc(C(=O)N=C2Cc3ccc(CN4CCN(CCO)CC4)cc3N2C2CCC(C(=O)NC(C)C)CC2)cc1. The number of aliphatic imine (C=N–C) groups is 1. The molecular formula is C33H45N5O3. The van der Waals surface area contributed by atoms with Gasteiger partial charge in [0, 0.05) is 74.9 Å². The molecule has 2 aliphatic heterocycles. The minimum absolute atomic E-state index is 0.0427. The highest BCUT2D eigenvalue weighted by Gasteiger charge is 2.36. The van der Waals surface area contributed by atoms with Crippen LogP contribution in [0.5, 0.6) is 0 Å². The number of amides is 2. The minimum atomic E-state index is -0.205. The van der Waals surface area contributed by atoms with Crippen LogP contribution in [-0.4, -0.2) is 84.0 Å². The molecule has 1 saturated heterocycles. The molecule has 0 aromatic heterocycles. The van der Waals surface area contributed by atoms with E-state index in [2.05, 4.69) is 38.2 Å². The second kappa shape index (κ2) is 13.3. The van der Waals surface area contributed by atoms with Crippen LogP contribution in [0.4, 0.5) is 5.69 Å². The summed E-state index contributed by atoms with van der Waals surface area (Å²) >= 11 is 0. The van der Waals surface area contributed by atoms with Crippen molar-refractivity contribution in [3.05, 3.63) is 64.7 Å². The van der Waals surface area contributed by atoms with Crippen LogP contribution in [0.25, 0.3) is 0 Å². The molecule has 2 aromatic carbocycles. The van der Waals surface area contributed by atoms with Gasteiger partial charge in [-0.05, 0) is 75.8 Å². The first-order chi connectivity index (χ1) is 19.8. The minimum Gasteiger partial charge on any atom is -0.395 e. The van der Waals surface area contributed by atoms with Crippen molar-refractivity contribution < 1.29 is 14.7 Å². The van der Waals surface area contributed by atoms with Gasteiger partial charge in [0.2, 0.25) is 5.91 Å². The lowest BCUT2D eigenvalue weighted by atomic mass is 9.84. The van der Waals surface area contributed by atoms with Crippen molar-refractivity contribution in [1.29, 1.82) is 0 Å². The molecule has 0 atom stereocenters. The smallest absolute Gasteiger partial charge is 0.278 e. The van der Waals surface area contributed by atoms with E-state index in [1.54, 1.807) is 0 Å². The predicted octanol–water partition coefficient (Wildman–Crippen LogP) is 3.79. The summed E-state index contributed by atoms with van der Waals surface area (Å²) in [6.45, 7) is 11.8. The van der Waals surface area contributed by atoms with Crippen LogP contribution < -0.4 is 10.2 Å². The molecule has 2 amide bonds. The fourth-order valence-corrected chi connectivity index (χ4v) is 6.42. The Labute approximate surface area is 244 Å². The summed E-state index contributed by atoms with van der Waals surface area (Å²) in [5.74, 6) is 0.811. The van der Waals surface area contributed by atoms with Gasteiger partial charge >= 0.3 is 0 Å². The maximum absolute atomic E-state index is 13.2. The molecule has 8 nitrogen and oxygen atoms in total. The number of benzene rings is 2. The maximum atomic E-state index is 13.2. The molecule has 5 rings (SSSR count). The fourth-order valence-electron chi connectivity index (χ4n) is 6.42. The average molecular weight is 560 g/mol. The summed E-state index contributed by atoms with van der Waals surface area (Å²) in [6, 6.07) is 14.7. The van der Waals surface area contributed by atoms with Gasteiger partial charge in [-0.25, -0.2) is 0 Å². The lowest BCUT2D eigenvalue weighted by Crippen LogP contribution is -2.46. The van der Waals surface area contributed by atoms with Crippen LogP contribution in [0.1, 0.15) is 66.6 Å². The number of carbonyl (C=O) groups is 2. The Balaban J connectivity index is 1.36. The number of aliphatic hydroxyl groups excluding tert-OH is 1. The van der Waals surface area contributed by atoms with E-state index in [1.165, 1.54) is 11.1 Å². The number of piperazine rings is 1.